The molecule has 0 saturated carbocycles. The third-order valence-corrected chi connectivity index (χ3v) is 3.60. The fraction of sp³-hybridized carbons (Fsp3) is 0.111. The SMILES string of the molecule is Cc1ccc(C2=C(c3ccc(C)cc3)C(=O)C(=O)N2)cc1. The first-order valence-electron chi connectivity index (χ1n) is 6.80. The predicted molar refractivity (Wildman–Crippen MR) is 82.3 cm³/mol. The summed E-state index contributed by atoms with van der Waals surface area (Å²) in [7, 11) is 0. The Balaban J connectivity index is 2.16. The summed E-state index contributed by atoms with van der Waals surface area (Å²) in [6.07, 6.45) is 0. The maximum atomic E-state index is 12.2. The van der Waals surface area contributed by atoms with Crippen molar-refractivity contribution in [2.75, 3.05) is 0 Å². The molecule has 3 heteroatoms. The summed E-state index contributed by atoms with van der Waals surface area (Å²) in [5.41, 5.74) is 4.89. The van der Waals surface area contributed by atoms with Crippen molar-refractivity contribution in [2.24, 2.45) is 0 Å². The Morgan fingerprint density at radius 1 is 0.714 bits per heavy atom. The molecule has 104 valence electrons. The molecule has 0 aromatic heterocycles. The lowest BCUT2D eigenvalue weighted by Gasteiger charge is -2.07. The van der Waals surface area contributed by atoms with Gasteiger partial charge in [-0.05, 0) is 25.0 Å². The molecule has 1 N–H and O–H groups in total. The highest BCUT2D eigenvalue weighted by molar-refractivity contribution is 6.60. The van der Waals surface area contributed by atoms with Crippen molar-refractivity contribution < 1.29 is 9.59 Å². The van der Waals surface area contributed by atoms with Crippen LogP contribution < -0.4 is 5.32 Å². The maximum Gasteiger partial charge on any atom is 0.296 e. The molecule has 1 aliphatic rings. The van der Waals surface area contributed by atoms with Gasteiger partial charge in [0.15, 0.2) is 0 Å². The molecule has 0 fully saturated rings. The second-order valence-corrected chi connectivity index (χ2v) is 5.27. The average molecular weight is 277 g/mol. The van der Waals surface area contributed by atoms with Crippen LogP contribution in [-0.4, -0.2) is 11.7 Å². The summed E-state index contributed by atoms with van der Waals surface area (Å²) < 4.78 is 0. The summed E-state index contributed by atoms with van der Waals surface area (Å²) in [5, 5.41) is 2.69. The molecule has 0 spiro atoms. The van der Waals surface area contributed by atoms with Crippen molar-refractivity contribution in [3.05, 3.63) is 70.8 Å². The minimum absolute atomic E-state index is 0.448. The van der Waals surface area contributed by atoms with E-state index in [2.05, 4.69) is 5.32 Å². The molecule has 0 radical (unpaired) electrons. The number of hydrogen-bond donors (Lipinski definition) is 1. The Morgan fingerprint density at radius 3 is 1.71 bits per heavy atom. The number of carbonyl (C=O) groups is 2. The second-order valence-electron chi connectivity index (χ2n) is 5.27. The molecule has 3 rings (SSSR count). The fourth-order valence-corrected chi connectivity index (χ4v) is 2.39. The molecule has 0 unspecified atom stereocenters. The van der Waals surface area contributed by atoms with Crippen LogP contribution >= 0.6 is 0 Å². The second kappa shape index (κ2) is 5.02. The van der Waals surface area contributed by atoms with E-state index in [1.54, 1.807) is 0 Å². The molecule has 0 atom stereocenters. The van der Waals surface area contributed by atoms with Crippen LogP contribution in [0.5, 0.6) is 0 Å². The third-order valence-electron chi connectivity index (χ3n) is 3.60. The van der Waals surface area contributed by atoms with Gasteiger partial charge < -0.3 is 5.32 Å². The van der Waals surface area contributed by atoms with E-state index in [1.807, 2.05) is 62.4 Å². The lowest BCUT2D eigenvalue weighted by atomic mass is 9.97. The van der Waals surface area contributed by atoms with Crippen molar-refractivity contribution in [1.82, 2.24) is 5.32 Å². The molecule has 1 amide bonds. The molecule has 21 heavy (non-hydrogen) atoms. The number of rotatable bonds is 2. The van der Waals surface area contributed by atoms with Crippen LogP contribution in [0.4, 0.5) is 0 Å². The number of ketones is 1. The smallest absolute Gasteiger partial charge is 0.296 e. The van der Waals surface area contributed by atoms with Crippen molar-refractivity contribution in [3.8, 4) is 0 Å². The average Bonchev–Trinajstić information content (AvgIpc) is 2.77. The van der Waals surface area contributed by atoms with Gasteiger partial charge >= 0.3 is 0 Å². The van der Waals surface area contributed by atoms with Crippen molar-refractivity contribution >= 4 is 23.0 Å². The molecule has 0 bridgehead atoms. The van der Waals surface area contributed by atoms with E-state index in [9.17, 15) is 9.59 Å². The number of nitrogens with one attached hydrogen (secondary N) is 1. The van der Waals surface area contributed by atoms with Gasteiger partial charge in [-0.2, -0.15) is 0 Å². The number of hydrogen-bond acceptors (Lipinski definition) is 2. The highest BCUT2D eigenvalue weighted by Crippen LogP contribution is 2.30. The van der Waals surface area contributed by atoms with E-state index in [-0.39, 0.29) is 0 Å². The molecule has 3 nitrogen and oxygen atoms in total. The highest BCUT2D eigenvalue weighted by atomic mass is 16.2. The monoisotopic (exact) mass is 277 g/mol. The van der Waals surface area contributed by atoms with E-state index in [1.165, 1.54) is 0 Å². The number of amides is 1. The third kappa shape index (κ3) is 2.38. The van der Waals surface area contributed by atoms with E-state index < -0.39 is 11.7 Å². The van der Waals surface area contributed by atoms with Crippen LogP contribution in [0.1, 0.15) is 22.3 Å². The number of benzene rings is 2. The molecule has 0 aliphatic carbocycles. The van der Waals surface area contributed by atoms with Gasteiger partial charge in [0.1, 0.15) is 0 Å². The van der Waals surface area contributed by atoms with E-state index in [0.717, 1.165) is 22.3 Å². The summed E-state index contributed by atoms with van der Waals surface area (Å²) in [6, 6.07) is 15.4. The molecular weight excluding hydrogens is 262 g/mol. The van der Waals surface area contributed by atoms with Crippen LogP contribution in [0, 0.1) is 13.8 Å². The van der Waals surface area contributed by atoms with Crippen LogP contribution in [0.3, 0.4) is 0 Å². The Bertz CT molecular complexity index is 753. The Kier molecular flexibility index (Phi) is 3.18. The lowest BCUT2D eigenvalue weighted by Crippen LogP contribution is -2.20. The lowest BCUT2D eigenvalue weighted by molar-refractivity contribution is -0.133. The fourth-order valence-electron chi connectivity index (χ4n) is 2.39. The minimum Gasteiger partial charge on any atom is -0.318 e. The predicted octanol–water partition coefficient (Wildman–Crippen LogP) is 2.87. The minimum atomic E-state index is -0.568. The van der Waals surface area contributed by atoms with Gasteiger partial charge in [-0.15, -0.1) is 0 Å². The zero-order valence-electron chi connectivity index (χ0n) is 11.9. The van der Waals surface area contributed by atoms with Crippen molar-refractivity contribution in [3.63, 3.8) is 0 Å². The highest BCUT2D eigenvalue weighted by Gasteiger charge is 2.32. The van der Waals surface area contributed by atoms with Gasteiger partial charge in [0.05, 0.1) is 11.3 Å². The zero-order chi connectivity index (χ0) is 15.0. The van der Waals surface area contributed by atoms with Crippen LogP contribution in [-0.2, 0) is 9.59 Å². The molecule has 2 aromatic rings. The molecule has 0 saturated heterocycles. The van der Waals surface area contributed by atoms with Crippen molar-refractivity contribution in [1.29, 1.82) is 0 Å². The normalized spacial score (nSPS) is 14.6. The van der Waals surface area contributed by atoms with Gasteiger partial charge in [-0.25, -0.2) is 0 Å². The summed E-state index contributed by atoms with van der Waals surface area (Å²) in [5.74, 6) is -1.05. The van der Waals surface area contributed by atoms with E-state index in [4.69, 9.17) is 0 Å². The molecule has 2 aromatic carbocycles. The topological polar surface area (TPSA) is 46.2 Å². The Morgan fingerprint density at radius 2 is 1.19 bits per heavy atom. The first kappa shape index (κ1) is 13.3. The Hall–Kier alpha value is -2.68. The number of carbonyl (C=O) groups excluding carboxylic acids is 2. The standard InChI is InChI=1S/C18H15NO2/c1-11-3-7-13(8-4-11)15-16(19-18(21)17(15)20)14-9-5-12(2)6-10-14/h3-10H,1-2H3,(H,19,20,21). The van der Waals surface area contributed by atoms with Crippen molar-refractivity contribution in [2.45, 2.75) is 13.8 Å². The molecule has 1 aliphatic heterocycles. The zero-order valence-corrected chi connectivity index (χ0v) is 11.9. The summed E-state index contributed by atoms with van der Waals surface area (Å²) in [6.45, 7) is 3.98. The quantitative estimate of drug-likeness (QED) is 0.858. The van der Waals surface area contributed by atoms with Crippen LogP contribution in [0.25, 0.3) is 11.3 Å². The van der Waals surface area contributed by atoms with Crippen LogP contribution in [0.2, 0.25) is 0 Å². The Labute approximate surface area is 123 Å². The van der Waals surface area contributed by atoms with Gasteiger partial charge in [-0.3, -0.25) is 9.59 Å². The first-order chi connectivity index (χ1) is 10.1. The number of Topliss-reactive ketones (excluding diaryl/α,β-unsaturated/α-hetero) is 1. The van der Waals surface area contributed by atoms with Gasteiger partial charge in [-0.1, -0.05) is 59.7 Å². The van der Waals surface area contributed by atoms with E-state index >= 15 is 0 Å². The summed E-state index contributed by atoms with van der Waals surface area (Å²) in [4.78, 5) is 23.9. The van der Waals surface area contributed by atoms with Crippen LogP contribution in [0.15, 0.2) is 48.5 Å². The largest absolute Gasteiger partial charge is 0.318 e. The van der Waals surface area contributed by atoms with Gasteiger partial charge in [0, 0.05) is 0 Å². The van der Waals surface area contributed by atoms with Gasteiger partial charge in [0.25, 0.3) is 11.7 Å². The molecule has 1 heterocycles. The maximum absolute atomic E-state index is 12.2. The first-order valence-corrected chi connectivity index (χ1v) is 6.80. The van der Waals surface area contributed by atoms with Gasteiger partial charge in [0.2, 0.25) is 0 Å². The number of aryl methyl sites for hydroxylation is 2. The van der Waals surface area contributed by atoms with E-state index in [0.29, 0.717) is 11.3 Å². The molecular formula is C18H15NO2. The summed E-state index contributed by atoms with van der Waals surface area (Å²) >= 11 is 0.